The number of rotatable bonds is 5. The topological polar surface area (TPSA) is 66.5 Å². The highest BCUT2D eigenvalue weighted by Crippen LogP contribution is 2.30. The molecule has 0 unspecified atom stereocenters. The fraction of sp³-hybridized carbons (Fsp3) is 0.167. The number of hydrogen-bond donors (Lipinski definition) is 1. The molecular formula is C18H14F2N2O3S. The zero-order chi connectivity index (χ0) is 18.7. The lowest BCUT2D eigenvalue weighted by atomic mass is 10.2. The van der Waals surface area contributed by atoms with Gasteiger partial charge < -0.3 is 5.32 Å². The number of para-hydroxylation sites is 2. The van der Waals surface area contributed by atoms with E-state index in [4.69, 9.17) is 0 Å². The molecule has 0 aliphatic carbocycles. The monoisotopic (exact) mass is 376 g/mol. The van der Waals surface area contributed by atoms with Crippen molar-refractivity contribution in [1.82, 2.24) is 0 Å². The second-order valence-corrected chi connectivity index (χ2v) is 6.60. The van der Waals surface area contributed by atoms with Crippen molar-refractivity contribution < 1.29 is 23.2 Å². The largest absolute Gasteiger partial charge is 0.324 e. The van der Waals surface area contributed by atoms with E-state index in [0.29, 0.717) is 16.3 Å². The minimum absolute atomic E-state index is 0.0404. The summed E-state index contributed by atoms with van der Waals surface area (Å²) in [5.41, 5.74) is 0.665. The molecule has 1 fully saturated rings. The molecule has 2 aromatic rings. The van der Waals surface area contributed by atoms with Crippen LogP contribution >= 0.6 is 11.8 Å². The molecule has 1 aliphatic heterocycles. The summed E-state index contributed by atoms with van der Waals surface area (Å²) in [4.78, 5) is 37.5. The molecule has 5 nitrogen and oxygen atoms in total. The summed E-state index contributed by atoms with van der Waals surface area (Å²) in [6.45, 7) is 0. The first kappa shape index (κ1) is 18.1. The van der Waals surface area contributed by atoms with Gasteiger partial charge >= 0.3 is 0 Å². The van der Waals surface area contributed by atoms with Gasteiger partial charge in [0.15, 0.2) is 11.6 Å². The van der Waals surface area contributed by atoms with E-state index in [2.05, 4.69) is 5.32 Å². The molecule has 0 atom stereocenters. The molecule has 1 aliphatic rings. The first-order chi connectivity index (χ1) is 12.5. The number of thioether (sulfide) groups is 1. The van der Waals surface area contributed by atoms with Crippen LogP contribution in [-0.2, 0) is 14.4 Å². The Bertz CT molecular complexity index is 872. The average molecular weight is 376 g/mol. The molecule has 1 N–H and O–H groups in total. The maximum Gasteiger partial charge on any atom is 0.234 e. The number of carbonyl (C=O) groups excluding carboxylic acids is 3. The molecule has 3 rings (SSSR count). The number of nitrogens with one attached hydrogen (secondary N) is 1. The number of halogens is 2. The first-order valence-corrected chi connectivity index (χ1v) is 8.77. The van der Waals surface area contributed by atoms with Crippen molar-refractivity contribution in [3.05, 3.63) is 54.1 Å². The van der Waals surface area contributed by atoms with Gasteiger partial charge in [-0.3, -0.25) is 14.4 Å². The Morgan fingerprint density at radius 1 is 1.04 bits per heavy atom. The van der Waals surface area contributed by atoms with Crippen LogP contribution in [0.5, 0.6) is 0 Å². The maximum absolute atomic E-state index is 13.2. The minimum atomic E-state index is -0.980. The first-order valence-electron chi connectivity index (χ1n) is 7.78. The molecular weight excluding hydrogens is 362 g/mol. The van der Waals surface area contributed by atoms with Gasteiger partial charge in [-0.15, -0.1) is 11.8 Å². The number of benzene rings is 2. The Kier molecular flexibility index (Phi) is 5.32. The molecule has 0 spiro atoms. The van der Waals surface area contributed by atoms with Gasteiger partial charge in [0.05, 0.1) is 17.1 Å². The highest BCUT2D eigenvalue weighted by atomic mass is 32.2. The lowest BCUT2D eigenvalue weighted by molar-refractivity contribution is -0.121. The number of anilines is 2. The Balaban J connectivity index is 1.69. The van der Waals surface area contributed by atoms with Crippen molar-refractivity contribution in [2.75, 3.05) is 16.0 Å². The molecule has 2 aromatic carbocycles. The predicted octanol–water partition coefficient (Wildman–Crippen LogP) is 3.35. The van der Waals surface area contributed by atoms with E-state index >= 15 is 0 Å². The third-order valence-electron chi connectivity index (χ3n) is 3.73. The van der Waals surface area contributed by atoms with Crippen LogP contribution in [0.4, 0.5) is 20.2 Å². The number of imide groups is 1. The second kappa shape index (κ2) is 7.65. The molecule has 0 aromatic heterocycles. The Morgan fingerprint density at radius 2 is 1.73 bits per heavy atom. The summed E-state index contributed by atoms with van der Waals surface area (Å²) in [5, 5.41) is 2.65. The van der Waals surface area contributed by atoms with Gasteiger partial charge in [0.2, 0.25) is 17.7 Å². The Labute approximate surface area is 152 Å². The fourth-order valence-electron chi connectivity index (χ4n) is 2.52. The SMILES string of the molecule is O=C(CSc1ccc(F)c(F)c1)Nc1ccccc1N1C(=O)CCC1=O. The van der Waals surface area contributed by atoms with Crippen molar-refractivity contribution >= 4 is 40.9 Å². The van der Waals surface area contributed by atoms with Crippen molar-refractivity contribution in [2.24, 2.45) is 0 Å². The highest BCUT2D eigenvalue weighted by Gasteiger charge is 2.31. The van der Waals surface area contributed by atoms with Crippen molar-refractivity contribution in [3.63, 3.8) is 0 Å². The van der Waals surface area contributed by atoms with E-state index in [9.17, 15) is 23.2 Å². The predicted molar refractivity (Wildman–Crippen MR) is 93.9 cm³/mol. The summed E-state index contributed by atoms with van der Waals surface area (Å²) >= 11 is 1.04. The Morgan fingerprint density at radius 3 is 2.42 bits per heavy atom. The van der Waals surface area contributed by atoms with Crippen LogP contribution in [0.2, 0.25) is 0 Å². The molecule has 1 heterocycles. The van der Waals surface area contributed by atoms with Crippen LogP contribution in [0.1, 0.15) is 12.8 Å². The van der Waals surface area contributed by atoms with Crippen molar-refractivity contribution in [3.8, 4) is 0 Å². The summed E-state index contributed by atoms with van der Waals surface area (Å²) in [6.07, 6.45) is 0.292. The van der Waals surface area contributed by atoms with Gasteiger partial charge in [0, 0.05) is 17.7 Å². The zero-order valence-electron chi connectivity index (χ0n) is 13.5. The highest BCUT2D eigenvalue weighted by molar-refractivity contribution is 8.00. The fourth-order valence-corrected chi connectivity index (χ4v) is 3.24. The van der Waals surface area contributed by atoms with E-state index in [1.807, 2.05) is 0 Å². The molecule has 8 heteroatoms. The van der Waals surface area contributed by atoms with E-state index in [-0.39, 0.29) is 30.4 Å². The van der Waals surface area contributed by atoms with Gasteiger partial charge in [0.25, 0.3) is 0 Å². The molecule has 134 valence electrons. The molecule has 0 radical (unpaired) electrons. The maximum atomic E-state index is 13.2. The van der Waals surface area contributed by atoms with Crippen LogP contribution in [-0.4, -0.2) is 23.5 Å². The molecule has 26 heavy (non-hydrogen) atoms. The van der Waals surface area contributed by atoms with Gasteiger partial charge in [-0.05, 0) is 30.3 Å². The summed E-state index contributed by atoms with van der Waals surface area (Å²) in [6, 6.07) is 9.91. The van der Waals surface area contributed by atoms with Gasteiger partial charge in [-0.25, -0.2) is 13.7 Å². The third-order valence-corrected chi connectivity index (χ3v) is 4.73. The van der Waals surface area contributed by atoms with Crippen molar-refractivity contribution in [1.29, 1.82) is 0 Å². The van der Waals surface area contributed by atoms with Crippen molar-refractivity contribution in [2.45, 2.75) is 17.7 Å². The standard InChI is InChI=1S/C18H14F2N2O3S/c19-12-6-5-11(9-13(12)20)26-10-16(23)21-14-3-1-2-4-15(14)22-17(24)7-8-18(22)25/h1-6,9H,7-8,10H2,(H,21,23). The van der Waals surface area contributed by atoms with Gasteiger partial charge in [-0.1, -0.05) is 12.1 Å². The van der Waals surface area contributed by atoms with Gasteiger partial charge in [0.1, 0.15) is 0 Å². The van der Waals surface area contributed by atoms with Crippen LogP contribution in [0.25, 0.3) is 0 Å². The lowest BCUT2D eigenvalue weighted by Crippen LogP contribution is -2.30. The number of carbonyl (C=O) groups is 3. The quantitative estimate of drug-likeness (QED) is 0.642. The number of nitrogens with zero attached hydrogens (tertiary/aromatic N) is 1. The third kappa shape index (κ3) is 3.91. The normalized spacial score (nSPS) is 14.0. The van der Waals surface area contributed by atoms with Crippen LogP contribution in [0, 0.1) is 11.6 Å². The number of hydrogen-bond acceptors (Lipinski definition) is 4. The lowest BCUT2D eigenvalue weighted by Gasteiger charge is -2.18. The summed E-state index contributed by atoms with van der Waals surface area (Å²) < 4.78 is 26.1. The molecule has 0 saturated carbocycles. The van der Waals surface area contributed by atoms with E-state index in [0.717, 1.165) is 28.8 Å². The molecule has 3 amide bonds. The molecule has 1 saturated heterocycles. The van der Waals surface area contributed by atoms with E-state index < -0.39 is 17.5 Å². The van der Waals surface area contributed by atoms with Gasteiger partial charge in [-0.2, -0.15) is 0 Å². The molecule has 0 bridgehead atoms. The van der Waals surface area contributed by atoms with E-state index in [1.165, 1.54) is 6.07 Å². The average Bonchev–Trinajstić information content (AvgIpc) is 2.95. The second-order valence-electron chi connectivity index (χ2n) is 5.55. The summed E-state index contributed by atoms with van der Waals surface area (Å²) in [7, 11) is 0. The summed E-state index contributed by atoms with van der Waals surface area (Å²) in [5.74, 6) is -2.99. The van der Waals surface area contributed by atoms with E-state index in [1.54, 1.807) is 24.3 Å². The Hall–Kier alpha value is -2.74. The zero-order valence-corrected chi connectivity index (χ0v) is 14.3. The van der Waals surface area contributed by atoms with Crippen LogP contribution < -0.4 is 10.2 Å². The smallest absolute Gasteiger partial charge is 0.234 e. The minimum Gasteiger partial charge on any atom is -0.324 e. The van der Waals surface area contributed by atoms with Crippen LogP contribution in [0.15, 0.2) is 47.4 Å². The number of amides is 3. The van der Waals surface area contributed by atoms with Crippen LogP contribution in [0.3, 0.4) is 0 Å².